The molecule has 0 saturated heterocycles. The minimum absolute atomic E-state index is 0.0171. The van der Waals surface area contributed by atoms with E-state index < -0.39 is 63.3 Å². The fourth-order valence-electron chi connectivity index (χ4n) is 2.87. The van der Waals surface area contributed by atoms with Crippen LogP contribution in [0.4, 0.5) is 45.2 Å². The molecule has 3 rings (SSSR count). The highest BCUT2D eigenvalue weighted by molar-refractivity contribution is 6.60. The standard InChI is InChI=1S/C16H10Cl2F9N3O2/c17-12(18)10(31)30(7-2-3-7)11(29-15(12,32)16(25,26)27)28-9-5-6(13(19,20)21)1-4-8(9)14(22,23)24/h1,4-5,7,32H,2-3H2,(H,28,29). The van der Waals surface area contributed by atoms with Crippen molar-refractivity contribution in [2.75, 3.05) is 5.32 Å². The van der Waals surface area contributed by atoms with Crippen LogP contribution in [-0.4, -0.2) is 44.1 Å². The number of aliphatic imine (C=N–C) groups is 1. The summed E-state index contributed by atoms with van der Waals surface area (Å²) in [5.41, 5.74) is -9.12. The Kier molecular flexibility index (Phi) is 5.63. The summed E-state index contributed by atoms with van der Waals surface area (Å²) >= 11 is 11.0. The van der Waals surface area contributed by atoms with E-state index in [1.54, 1.807) is 5.32 Å². The molecular weight excluding hydrogens is 508 g/mol. The Hall–Kier alpha value is -1.93. The van der Waals surface area contributed by atoms with Crippen molar-refractivity contribution in [1.82, 2.24) is 4.90 Å². The molecule has 0 spiro atoms. The number of hydrogen-bond acceptors (Lipinski definition) is 4. The molecule has 1 fully saturated rings. The molecule has 1 aliphatic carbocycles. The summed E-state index contributed by atoms with van der Waals surface area (Å²) in [6.07, 6.45) is -15.8. The summed E-state index contributed by atoms with van der Waals surface area (Å²) in [7, 11) is 0. The highest BCUT2D eigenvalue weighted by atomic mass is 35.5. The highest BCUT2D eigenvalue weighted by Crippen LogP contribution is 2.51. The lowest BCUT2D eigenvalue weighted by atomic mass is 10.0. The molecule has 1 aliphatic heterocycles. The average molecular weight is 518 g/mol. The number of nitrogens with zero attached hydrogens (tertiary/aromatic N) is 2. The van der Waals surface area contributed by atoms with Gasteiger partial charge in [-0.2, -0.15) is 39.5 Å². The Morgan fingerprint density at radius 1 is 1.03 bits per heavy atom. The molecule has 0 bridgehead atoms. The number of carbonyl (C=O) groups excluding carboxylic acids is 1. The first kappa shape index (κ1) is 24.7. The second-order valence-electron chi connectivity index (χ2n) is 6.97. The molecule has 32 heavy (non-hydrogen) atoms. The second-order valence-corrected chi connectivity index (χ2v) is 8.29. The maximum atomic E-state index is 13.5. The van der Waals surface area contributed by atoms with E-state index in [2.05, 4.69) is 4.99 Å². The van der Waals surface area contributed by atoms with Crippen molar-refractivity contribution in [2.24, 2.45) is 4.99 Å². The predicted molar refractivity (Wildman–Crippen MR) is 92.8 cm³/mol. The van der Waals surface area contributed by atoms with Gasteiger partial charge in [-0.15, -0.1) is 0 Å². The predicted octanol–water partition coefficient (Wildman–Crippen LogP) is 4.92. The average Bonchev–Trinajstić information content (AvgIpc) is 3.42. The summed E-state index contributed by atoms with van der Waals surface area (Å²) in [6, 6.07) is -0.740. The molecule has 16 heteroatoms. The second kappa shape index (κ2) is 7.29. The number of hydrogen-bond donors (Lipinski definition) is 2. The van der Waals surface area contributed by atoms with Gasteiger partial charge in [-0.3, -0.25) is 9.69 Å². The molecule has 1 heterocycles. The Balaban J connectivity index is 2.20. The summed E-state index contributed by atoms with van der Waals surface area (Å²) in [5.74, 6) is -3.06. The number of alkyl halides is 11. The van der Waals surface area contributed by atoms with E-state index in [1.165, 1.54) is 0 Å². The lowest BCUT2D eigenvalue weighted by Gasteiger charge is -2.43. The zero-order valence-electron chi connectivity index (χ0n) is 15.1. The van der Waals surface area contributed by atoms with Crippen LogP contribution in [0.5, 0.6) is 0 Å². The number of guanidine groups is 1. The molecule has 2 N–H and O–H groups in total. The van der Waals surface area contributed by atoms with Crippen LogP contribution in [0.15, 0.2) is 23.2 Å². The normalized spacial score (nSPS) is 24.4. The molecule has 1 saturated carbocycles. The van der Waals surface area contributed by atoms with E-state index in [1.807, 2.05) is 0 Å². The zero-order valence-corrected chi connectivity index (χ0v) is 16.6. The van der Waals surface area contributed by atoms with Crippen LogP contribution < -0.4 is 5.32 Å². The van der Waals surface area contributed by atoms with E-state index in [0.717, 1.165) is 0 Å². The van der Waals surface area contributed by atoms with E-state index in [4.69, 9.17) is 23.2 Å². The minimum atomic E-state index is -5.78. The van der Waals surface area contributed by atoms with Crippen molar-refractivity contribution in [3.63, 3.8) is 0 Å². The first-order valence-corrected chi connectivity index (χ1v) is 9.22. The zero-order chi connectivity index (χ0) is 24.5. The number of carbonyl (C=O) groups is 1. The molecule has 2 aliphatic rings. The van der Waals surface area contributed by atoms with Gasteiger partial charge < -0.3 is 10.4 Å². The fraction of sp³-hybridized carbons (Fsp3) is 0.500. The highest BCUT2D eigenvalue weighted by Gasteiger charge is 2.73. The molecule has 178 valence electrons. The Bertz CT molecular complexity index is 971. The molecule has 1 aromatic carbocycles. The van der Waals surface area contributed by atoms with Crippen LogP contribution in [-0.2, 0) is 17.1 Å². The fourth-order valence-corrected chi connectivity index (χ4v) is 3.35. The van der Waals surface area contributed by atoms with Crippen molar-refractivity contribution in [3.8, 4) is 0 Å². The summed E-state index contributed by atoms with van der Waals surface area (Å²) < 4.78 is 116. The van der Waals surface area contributed by atoms with Gasteiger partial charge in [0.15, 0.2) is 0 Å². The van der Waals surface area contributed by atoms with E-state index in [0.29, 0.717) is 4.90 Å². The minimum Gasteiger partial charge on any atom is -0.359 e. The summed E-state index contributed by atoms with van der Waals surface area (Å²) in [5, 5.41) is 11.7. The van der Waals surface area contributed by atoms with Crippen molar-refractivity contribution >= 4 is 40.8 Å². The van der Waals surface area contributed by atoms with Crippen LogP contribution >= 0.6 is 23.2 Å². The number of anilines is 1. The van der Waals surface area contributed by atoms with Crippen LogP contribution in [0.1, 0.15) is 24.0 Å². The monoisotopic (exact) mass is 517 g/mol. The van der Waals surface area contributed by atoms with E-state index in [9.17, 15) is 49.4 Å². The summed E-state index contributed by atoms with van der Waals surface area (Å²) in [4.78, 5) is 15.8. The quantitative estimate of drug-likeness (QED) is 0.432. The topological polar surface area (TPSA) is 64.9 Å². The van der Waals surface area contributed by atoms with Crippen LogP contribution in [0, 0.1) is 0 Å². The molecule has 5 nitrogen and oxygen atoms in total. The maximum absolute atomic E-state index is 13.5. The SMILES string of the molecule is O=C1N(C2CC2)C(Nc2cc(C(F)(F)F)ccc2C(F)(F)F)=NC(O)(C(F)(F)F)C1(Cl)Cl. The van der Waals surface area contributed by atoms with Crippen molar-refractivity contribution < 1.29 is 49.4 Å². The van der Waals surface area contributed by atoms with Gasteiger partial charge in [0.1, 0.15) is 0 Å². The number of halogens is 11. The lowest BCUT2D eigenvalue weighted by molar-refractivity contribution is -0.262. The number of benzene rings is 1. The third-order valence-corrected chi connectivity index (χ3v) is 5.48. The molecular formula is C16H10Cl2F9N3O2. The largest absolute Gasteiger partial charge is 0.442 e. The van der Waals surface area contributed by atoms with Crippen LogP contribution in [0.3, 0.4) is 0 Å². The van der Waals surface area contributed by atoms with Crippen molar-refractivity contribution in [1.29, 1.82) is 0 Å². The molecule has 1 atom stereocenters. The molecule has 1 amide bonds. The Morgan fingerprint density at radius 3 is 2.03 bits per heavy atom. The van der Waals surface area contributed by atoms with Gasteiger partial charge in [0, 0.05) is 6.04 Å². The molecule has 0 aromatic heterocycles. The van der Waals surface area contributed by atoms with Crippen molar-refractivity contribution in [2.45, 2.75) is 47.5 Å². The van der Waals surface area contributed by atoms with E-state index in [-0.39, 0.29) is 31.0 Å². The van der Waals surface area contributed by atoms with Gasteiger partial charge in [-0.25, -0.2) is 4.99 Å². The molecule has 1 aromatic rings. The van der Waals surface area contributed by atoms with E-state index >= 15 is 0 Å². The number of amides is 1. The van der Waals surface area contributed by atoms with Crippen LogP contribution in [0.2, 0.25) is 0 Å². The lowest BCUT2D eigenvalue weighted by Crippen LogP contribution is -2.68. The third kappa shape index (κ3) is 4.07. The molecule has 0 radical (unpaired) electrons. The maximum Gasteiger partial charge on any atom is 0.442 e. The number of nitrogens with one attached hydrogen (secondary N) is 1. The molecule has 1 unspecified atom stereocenters. The van der Waals surface area contributed by atoms with Gasteiger partial charge in [-0.1, -0.05) is 23.2 Å². The van der Waals surface area contributed by atoms with Crippen molar-refractivity contribution in [3.05, 3.63) is 29.3 Å². The number of aliphatic hydroxyl groups is 1. The van der Waals surface area contributed by atoms with Gasteiger partial charge in [-0.05, 0) is 31.0 Å². The van der Waals surface area contributed by atoms with Crippen LogP contribution in [0.25, 0.3) is 0 Å². The Morgan fingerprint density at radius 2 is 1.59 bits per heavy atom. The first-order chi connectivity index (χ1) is 14.3. The van der Waals surface area contributed by atoms with Gasteiger partial charge in [0.2, 0.25) is 5.96 Å². The smallest absolute Gasteiger partial charge is 0.359 e. The number of rotatable bonds is 2. The van der Waals surface area contributed by atoms with Gasteiger partial charge >= 0.3 is 18.5 Å². The third-order valence-electron chi connectivity index (χ3n) is 4.63. The first-order valence-electron chi connectivity index (χ1n) is 8.46. The van der Waals surface area contributed by atoms with Gasteiger partial charge in [0.25, 0.3) is 16.0 Å². The Labute approximate surface area is 182 Å². The van der Waals surface area contributed by atoms with Gasteiger partial charge in [0.05, 0.1) is 16.8 Å². The summed E-state index contributed by atoms with van der Waals surface area (Å²) in [6.45, 7) is 0.